The highest BCUT2D eigenvalue weighted by Gasteiger charge is 2.39. The summed E-state index contributed by atoms with van der Waals surface area (Å²) in [6.45, 7) is 14.7. The zero-order chi connectivity index (χ0) is 37.2. The topological polar surface area (TPSA) is 141 Å². The van der Waals surface area contributed by atoms with Gasteiger partial charge in [-0.3, -0.25) is 14.7 Å². The molecule has 0 radical (unpaired) electrons. The molecule has 2 aromatic heterocycles. The van der Waals surface area contributed by atoms with Crippen molar-refractivity contribution in [1.29, 1.82) is 0 Å². The van der Waals surface area contributed by atoms with E-state index in [1.807, 2.05) is 0 Å². The van der Waals surface area contributed by atoms with Crippen LogP contribution in [0.3, 0.4) is 0 Å². The van der Waals surface area contributed by atoms with Gasteiger partial charge in [0.05, 0.1) is 28.0 Å². The number of carbonyl (C=O) groups excluding carboxylic acids is 1. The predicted molar refractivity (Wildman–Crippen MR) is 217 cm³/mol. The molecule has 0 unspecified atom stereocenters. The molecule has 0 spiro atoms. The number of amides is 1. The first-order valence-corrected chi connectivity index (χ1v) is 20.0. The van der Waals surface area contributed by atoms with Gasteiger partial charge in [-0.05, 0) is 108 Å². The molecule has 5 aliphatic rings. The lowest BCUT2D eigenvalue weighted by Gasteiger charge is -2.43. The lowest BCUT2D eigenvalue weighted by molar-refractivity contribution is -0.00494. The minimum absolute atomic E-state index is 0.105. The van der Waals surface area contributed by atoms with Gasteiger partial charge in [0.25, 0.3) is 5.91 Å². The number of phenols is 1. The molecule has 286 valence electrons. The van der Waals surface area contributed by atoms with E-state index in [4.69, 9.17) is 15.5 Å². The average Bonchev–Trinajstić information content (AvgIpc) is 3.15. The summed E-state index contributed by atoms with van der Waals surface area (Å²) in [6, 6.07) is 14.1. The molecule has 1 amide bonds. The van der Waals surface area contributed by atoms with E-state index >= 15 is 0 Å². The number of fused-ring (bicyclic) bond motifs is 1. The van der Waals surface area contributed by atoms with Crippen LogP contribution in [0.5, 0.6) is 11.5 Å². The molecule has 0 saturated heterocycles. The molecule has 1 aliphatic carbocycles. The van der Waals surface area contributed by atoms with Crippen molar-refractivity contribution in [3.05, 3.63) is 54.2 Å². The number of benzene rings is 2. The first-order chi connectivity index (χ1) is 25.8. The first kappa shape index (κ1) is 38.4. The van der Waals surface area contributed by atoms with Crippen LogP contribution in [-0.2, 0) is 0 Å². The van der Waals surface area contributed by atoms with Crippen molar-refractivity contribution < 1.29 is 14.6 Å². The number of aromatic nitrogens is 2. The van der Waals surface area contributed by atoms with E-state index in [9.17, 15) is 9.90 Å². The summed E-state index contributed by atoms with van der Waals surface area (Å²) in [5.74, 6) is 1.10. The SMILES string of the molecule is CCN(CC)CCCCCNc1cc2cc3ccc(nc13)NC1CCC(CN(CC)CCCCCNc3cc(O)c(C(N)=O)c4cccnc34)(CC1)O2. The van der Waals surface area contributed by atoms with Gasteiger partial charge in [0.1, 0.15) is 22.9 Å². The molecular formula is C42H60N8O3. The molecule has 9 rings (SSSR count). The standard InChI is InChI=1S/C42H60N8O3/c1-4-49(5-2)24-11-7-9-21-44-34-27-32-26-30-15-16-37(48-39(30)34)47-31-17-19-42(53-32,20-18-31)29-50(6-3)25-12-8-10-22-45-35-28-36(51)38(41(43)52)33-14-13-23-46-40(33)35/h13-16,23,26-28,31,44-45,51H,4-12,17-22,24-25,29H2,1-3H3,(H2,43,52)(H,47,48). The van der Waals surface area contributed by atoms with Crippen molar-refractivity contribution >= 4 is 44.9 Å². The number of pyridine rings is 2. The summed E-state index contributed by atoms with van der Waals surface area (Å²) in [5.41, 5.74) is 8.79. The van der Waals surface area contributed by atoms with Crippen LogP contribution in [-0.4, -0.2) is 94.8 Å². The van der Waals surface area contributed by atoms with Crippen LogP contribution in [0, 0.1) is 0 Å². The number of nitrogens with one attached hydrogen (secondary N) is 3. The van der Waals surface area contributed by atoms with Gasteiger partial charge in [0.15, 0.2) is 0 Å². The van der Waals surface area contributed by atoms with Gasteiger partial charge in [-0.1, -0.05) is 39.7 Å². The fourth-order valence-electron chi connectivity index (χ4n) is 8.17. The average molecular weight is 725 g/mol. The van der Waals surface area contributed by atoms with Crippen LogP contribution in [0.15, 0.2) is 48.7 Å². The van der Waals surface area contributed by atoms with E-state index < -0.39 is 5.91 Å². The molecule has 53 heavy (non-hydrogen) atoms. The van der Waals surface area contributed by atoms with Crippen LogP contribution in [0.4, 0.5) is 17.2 Å². The van der Waals surface area contributed by atoms with Gasteiger partial charge in [-0.2, -0.15) is 0 Å². The number of aromatic hydroxyl groups is 1. The Bertz CT molecular complexity index is 1820. The Hall–Kier alpha value is -4.35. The number of anilines is 3. The van der Waals surface area contributed by atoms with Gasteiger partial charge in [-0.15, -0.1) is 0 Å². The number of ether oxygens (including phenoxy) is 1. The van der Waals surface area contributed by atoms with Crippen LogP contribution < -0.4 is 26.4 Å². The summed E-state index contributed by atoms with van der Waals surface area (Å²) < 4.78 is 7.14. The van der Waals surface area contributed by atoms with Gasteiger partial charge in [-0.25, -0.2) is 4.98 Å². The maximum atomic E-state index is 12.0. The third kappa shape index (κ3) is 9.61. The number of unbranched alkanes of at least 4 members (excludes halogenated alkanes) is 4. The third-order valence-electron chi connectivity index (χ3n) is 11.3. The quantitative estimate of drug-likeness (QED) is 0.0579. The minimum atomic E-state index is -0.666. The highest BCUT2D eigenvalue weighted by Crippen LogP contribution is 2.39. The summed E-state index contributed by atoms with van der Waals surface area (Å²) in [6.07, 6.45) is 12.4. The molecule has 11 nitrogen and oxygen atoms in total. The van der Waals surface area contributed by atoms with Gasteiger partial charge < -0.3 is 36.4 Å². The van der Waals surface area contributed by atoms with Gasteiger partial charge >= 0.3 is 0 Å². The van der Waals surface area contributed by atoms with Gasteiger partial charge in [0.2, 0.25) is 0 Å². The van der Waals surface area contributed by atoms with Crippen molar-refractivity contribution in [2.24, 2.45) is 5.73 Å². The Kier molecular flexibility index (Phi) is 13.1. The second-order valence-electron chi connectivity index (χ2n) is 14.9. The van der Waals surface area contributed by atoms with Crippen molar-refractivity contribution in [3.8, 4) is 11.5 Å². The van der Waals surface area contributed by atoms with E-state index in [1.54, 1.807) is 24.4 Å². The Morgan fingerprint density at radius 1 is 0.906 bits per heavy atom. The van der Waals surface area contributed by atoms with E-state index in [0.29, 0.717) is 22.6 Å². The number of hydrogen-bond donors (Lipinski definition) is 5. The molecular weight excluding hydrogens is 665 g/mol. The Morgan fingerprint density at radius 3 is 2.26 bits per heavy atom. The van der Waals surface area contributed by atoms with Crippen LogP contribution >= 0.6 is 0 Å². The van der Waals surface area contributed by atoms with Crippen molar-refractivity contribution in [1.82, 2.24) is 19.8 Å². The monoisotopic (exact) mass is 724 g/mol. The van der Waals surface area contributed by atoms with Crippen LogP contribution in [0.1, 0.15) is 95.3 Å². The smallest absolute Gasteiger partial charge is 0.253 e. The molecule has 4 aromatic rings. The highest BCUT2D eigenvalue weighted by molar-refractivity contribution is 6.10. The van der Waals surface area contributed by atoms with E-state index in [0.717, 1.165) is 125 Å². The van der Waals surface area contributed by atoms with Crippen LogP contribution in [0.2, 0.25) is 0 Å². The first-order valence-electron chi connectivity index (χ1n) is 20.0. The molecule has 6 bridgehead atoms. The maximum absolute atomic E-state index is 12.0. The molecule has 1 fully saturated rings. The predicted octanol–water partition coefficient (Wildman–Crippen LogP) is 7.60. The largest absolute Gasteiger partial charge is 0.507 e. The lowest BCUT2D eigenvalue weighted by Crippen LogP contribution is -2.51. The molecule has 4 aliphatic heterocycles. The number of hydrogen-bond acceptors (Lipinski definition) is 10. The fraction of sp³-hybridized carbons (Fsp3) is 0.548. The Morgan fingerprint density at radius 2 is 1.58 bits per heavy atom. The number of carbonyl (C=O) groups is 1. The van der Waals surface area contributed by atoms with E-state index in [2.05, 4.69) is 75.8 Å². The minimum Gasteiger partial charge on any atom is -0.507 e. The third-order valence-corrected chi connectivity index (χ3v) is 11.3. The maximum Gasteiger partial charge on any atom is 0.253 e. The Labute approximate surface area is 315 Å². The number of nitrogens with two attached hydrogens (primary N) is 1. The fourth-order valence-corrected chi connectivity index (χ4v) is 8.17. The van der Waals surface area contributed by atoms with Gasteiger partial charge in [0, 0.05) is 54.8 Å². The summed E-state index contributed by atoms with van der Waals surface area (Å²) in [7, 11) is 0. The molecule has 0 atom stereocenters. The molecule has 6 N–H and O–H groups in total. The number of rotatable bonds is 20. The number of nitrogens with zero attached hydrogens (tertiary/aromatic N) is 4. The Balaban J connectivity index is 1.06. The van der Waals surface area contributed by atoms with Crippen LogP contribution in [0.25, 0.3) is 21.8 Å². The second kappa shape index (κ2) is 18.1. The summed E-state index contributed by atoms with van der Waals surface area (Å²) in [4.78, 5) is 26.6. The second-order valence-corrected chi connectivity index (χ2v) is 14.9. The normalized spacial score (nSPS) is 18.1. The van der Waals surface area contributed by atoms with Crippen molar-refractivity contribution in [2.45, 2.75) is 96.6 Å². The highest BCUT2D eigenvalue weighted by atomic mass is 16.5. The van der Waals surface area contributed by atoms with Crippen molar-refractivity contribution in [2.75, 3.05) is 68.3 Å². The summed E-state index contributed by atoms with van der Waals surface area (Å²) in [5, 5.41) is 23.1. The molecule has 1 saturated carbocycles. The lowest BCUT2D eigenvalue weighted by atomic mass is 9.81. The zero-order valence-electron chi connectivity index (χ0n) is 32.1. The number of primary amides is 1. The van der Waals surface area contributed by atoms with E-state index in [1.165, 1.54) is 19.4 Å². The molecule has 2 aromatic carbocycles. The summed E-state index contributed by atoms with van der Waals surface area (Å²) >= 11 is 0. The van der Waals surface area contributed by atoms with Crippen molar-refractivity contribution in [3.63, 3.8) is 0 Å². The van der Waals surface area contributed by atoms with E-state index in [-0.39, 0.29) is 16.9 Å². The zero-order valence-corrected chi connectivity index (χ0v) is 32.1. The molecule has 6 heterocycles. The molecule has 11 heteroatoms. The number of likely N-dealkylation sites (N-methyl/N-ethyl adjacent to an activating group) is 1.